The van der Waals surface area contributed by atoms with E-state index in [0.717, 1.165) is 11.3 Å². The van der Waals surface area contributed by atoms with Gasteiger partial charge in [0.15, 0.2) is 0 Å². The highest BCUT2D eigenvalue weighted by Crippen LogP contribution is 2.24. The van der Waals surface area contributed by atoms with Gasteiger partial charge in [-0.3, -0.25) is 4.79 Å². The van der Waals surface area contributed by atoms with Gasteiger partial charge in [0.25, 0.3) is 0 Å². The van der Waals surface area contributed by atoms with Crippen LogP contribution in [-0.2, 0) is 11.3 Å². The zero-order chi connectivity index (χ0) is 14.5. The number of para-hydroxylation sites is 1. The molecule has 0 aliphatic rings. The third-order valence-corrected chi connectivity index (χ3v) is 3.06. The van der Waals surface area contributed by atoms with Gasteiger partial charge in [0.1, 0.15) is 5.82 Å². The van der Waals surface area contributed by atoms with Crippen LogP contribution in [0.4, 0.5) is 15.8 Å². The molecule has 2 N–H and O–H groups in total. The van der Waals surface area contributed by atoms with Crippen molar-refractivity contribution in [3.8, 4) is 0 Å². The minimum Gasteiger partial charge on any atom is -0.380 e. The van der Waals surface area contributed by atoms with Crippen molar-refractivity contribution < 1.29 is 9.18 Å². The van der Waals surface area contributed by atoms with Crippen LogP contribution in [0.15, 0.2) is 42.5 Å². The maximum Gasteiger partial charge on any atom is 0.221 e. The molecule has 0 aromatic heterocycles. The SMILES string of the molecule is CC(=O)Nc1ccccc1CNc1cc(F)ccc1Cl. The summed E-state index contributed by atoms with van der Waals surface area (Å²) in [7, 11) is 0. The molecule has 0 spiro atoms. The van der Waals surface area contributed by atoms with Gasteiger partial charge < -0.3 is 10.6 Å². The standard InChI is InChI=1S/C15H14ClFN2O/c1-10(20)19-14-5-3-2-4-11(14)9-18-15-8-12(17)6-7-13(15)16/h2-8,18H,9H2,1H3,(H,19,20). The highest BCUT2D eigenvalue weighted by Gasteiger charge is 2.05. The summed E-state index contributed by atoms with van der Waals surface area (Å²) in [5, 5.41) is 6.26. The molecule has 3 nitrogen and oxygen atoms in total. The van der Waals surface area contributed by atoms with E-state index in [-0.39, 0.29) is 11.7 Å². The third-order valence-electron chi connectivity index (χ3n) is 2.73. The summed E-state index contributed by atoms with van der Waals surface area (Å²) in [5.74, 6) is -0.492. The first-order chi connectivity index (χ1) is 9.56. The van der Waals surface area contributed by atoms with E-state index in [1.165, 1.54) is 25.1 Å². The van der Waals surface area contributed by atoms with Gasteiger partial charge in [-0.25, -0.2) is 4.39 Å². The summed E-state index contributed by atoms with van der Waals surface area (Å²) in [6, 6.07) is 11.5. The Labute approximate surface area is 121 Å². The fraction of sp³-hybridized carbons (Fsp3) is 0.133. The van der Waals surface area contributed by atoms with Gasteiger partial charge in [-0.1, -0.05) is 29.8 Å². The largest absolute Gasteiger partial charge is 0.380 e. The number of anilines is 2. The zero-order valence-electron chi connectivity index (χ0n) is 10.9. The molecule has 0 saturated carbocycles. The van der Waals surface area contributed by atoms with Crippen molar-refractivity contribution in [2.45, 2.75) is 13.5 Å². The molecule has 20 heavy (non-hydrogen) atoms. The van der Waals surface area contributed by atoms with Gasteiger partial charge in [-0.05, 0) is 29.8 Å². The molecule has 0 saturated heterocycles. The van der Waals surface area contributed by atoms with Crippen LogP contribution >= 0.6 is 11.6 Å². The number of carbonyl (C=O) groups is 1. The van der Waals surface area contributed by atoms with Gasteiger partial charge >= 0.3 is 0 Å². The number of hydrogen-bond donors (Lipinski definition) is 2. The van der Waals surface area contributed by atoms with Gasteiger partial charge in [-0.2, -0.15) is 0 Å². The number of benzene rings is 2. The van der Waals surface area contributed by atoms with Crippen molar-refractivity contribution >= 4 is 28.9 Å². The first-order valence-corrected chi connectivity index (χ1v) is 6.48. The van der Waals surface area contributed by atoms with E-state index in [1.54, 1.807) is 0 Å². The third kappa shape index (κ3) is 3.71. The molecule has 5 heteroatoms. The molecule has 2 aromatic carbocycles. The summed E-state index contributed by atoms with van der Waals surface area (Å²) in [5.41, 5.74) is 2.13. The van der Waals surface area contributed by atoms with Crippen molar-refractivity contribution in [3.63, 3.8) is 0 Å². The fourth-order valence-electron chi connectivity index (χ4n) is 1.81. The van der Waals surface area contributed by atoms with Gasteiger partial charge in [-0.15, -0.1) is 0 Å². The molecule has 0 atom stereocenters. The molecule has 1 amide bonds. The Morgan fingerprint density at radius 3 is 2.70 bits per heavy atom. The summed E-state index contributed by atoms with van der Waals surface area (Å²) < 4.78 is 13.2. The maximum absolute atomic E-state index is 13.2. The molecule has 0 bridgehead atoms. The minimum atomic E-state index is -0.355. The lowest BCUT2D eigenvalue weighted by Crippen LogP contribution is -2.10. The molecule has 104 valence electrons. The molecule has 2 aromatic rings. The zero-order valence-corrected chi connectivity index (χ0v) is 11.7. The number of hydrogen-bond acceptors (Lipinski definition) is 2. The van der Waals surface area contributed by atoms with Crippen LogP contribution in [0.2, 0.25) is 5.02 Å². The van der Waals surface area contributed by atoms with E-state index in [9.17, 15) is 9.18 Å². The molecule has 0 unspecified atom stereocenters. The predicted molar refractivity (Wildman–Crippen MR) is 79.5 cm³/mol. The van der Waals surface area contributed by atoms with E-state index < -0.39 is 0 Å². The van der Waals surface area contributed by atoms with E-state index in [2.05, 4.69) is 10.6 Å². The summed E-state index contributed by atoms with van der Waals surface area (Å²) >= 11 is 5.99. The van der Waals surface area contributed by atoms with Crippen molar-refractivity contribution in [3.05, 3.63) is 58.9 Å². The van der Waals surface area contributed by atoms with Crippen molar-refractivity contribution in [2.24, 2.45) is 0 Å². The number of halogens is 2. The van der Waals surface area contributed by atoms with E-state index >= 15 is 0 Å². The second kappa shape index (κ2) is 6.39. The van der Waals surface area contributed by atoms with E-state index in [0.29, 0.717) is 17.3 Å². The Hall–Kier alpha value is -2.07. The first kappa shape index (κ1) is 14.3. The van der Waals surface area contributed by atoms with Crippen molar-refractivity contribution in [1.29, 1.82) is 0 Å². The lowest BCUT2D eigenvalue weighted by molar-refractivity contribution is -0.114. The van der Waals surface area contributed by atoms with Crippen LogP contribution in [0, 0.1) is 5.82 Å². The van der Waals surface area contributed by atoms with Gasteiger partial charge in [0, 0.05) is 19.2 Å². The maximum atomic E-state index is 13.2. The molecule has 0 fully saturated rings. The average Bonchev–Trinajstić information content (AvgIpc) is 2.41. The highest BCUT2D eigenvalue weighted by molar-refractivity contribution is 6.33. The van der Waals surface area contributed by atoms with Crippen LogP contribution in [0.5, 0.6) is 0 Å². The Kier molecular flexibility index (Phi) is 4.58. The van der Waals surface area contributed by atoms with Gasteiger partial charge in [0.2, 0.25) is 5.91 Å². The smallest absolute Gasteiger partial charge is 0.221 e. The fourth-order valence-corrected chi connectivity index (χ4v) is 1.99. The van der Waals surface area contributed by atoms with E-state index in [1.807, 2.05) is 24.3 Å². The van der Waals surface area contributed by atoms with E-state index in [4.69, 9.17) is 11.6 Å². The quantitative estimate of drug-likeness (QED) is 0.892. The molecule has 0 radical (unpaired) electrons. The monoisotopic (exact) mass is 292 g/mol. The van der Waals surface area contributed by atoms with Crippen molar-refractivity contribution in [1.82, 2.24) is 0 Å². The molecule has 2 rings (SSSR count). The number of nitrogens with one attached hydrogen (secondary N) is 2. The average molecular weight is 293 g/mol. The summed E-state index contributed by atoms with van der Waals surface area (Å²) in [6.07, 6.45) is 0. The Balaban J connectivity index is 2.14. The Bertz CT molecular complexity index is 631. The first-order valence-electron chi connectivity index (χ1n) is 6.10. The van der Waals surface area contributed by atoms with Crippen molar-refractivity contribution in [2.75, 3.05) is 10.6 Å². The topological polar surface area (TPSA) is 41.1 Å². The van der Waals surface area contributed by atoms with Crippen LogP contribution in [0.25, 0.3) is 0 Å². The molecule has 0 aliphatic heterocycles. The molecular formula is C15H14ClFN2O. The summed E-state index contributed by atoms with van der Waals surface area (Å²) in [4.78, 5) is 11.1. The lowest BCUT2D eigenvalue weighted by Gasteiger charge is -2.12. The van der Waals surface area contributed by atoms with Crippen LogP contribution in [-0.4, -0.2) is 5.91 Å². The second-order valence-electron chi connectivity index (χ2n) is 4.32. The number of amides is 1. The molecular weight excluding hydrogens is 279 g/mol. The second-order valence-corrected chi connectivity index (χ2v) is 4.72. The van der Waals surface area contributed by atoms with Gasteiger partial charge in [0.05, 0.1) is 10.7 Å². The van der Waals surface area contributed by atoms with Crippen LogP contribution in [0.1, 0.15) is 12.5 Å². The highest BCUT2D eigenvalue weighted by atomic mass is 35.5. The van der Waals surface area contributed by atoms with Crippen LogP contribution in [0.3, 0.4) is 0 Å². The predicted octanol–water partition coefficient (Wildman–Crippen LogP) is 4.05. The molecule has 0 heterocycles. The Morgan fingerprint density at radius 1 is 1.20 bits per heavy atom. The number of carbonyl (C=O) groups excluding carboxylic acids is 1. The number of rotatable bonds is 4. The molecule has 0 aliphatic carbocycles. The minimum absolute atomic E-state index is 0.138. The summed E-state index contributed by atoms with van der Waals surface area (Å²) in [6.45, 7) is 1.88. The Morgan fingerprint density at radius 2 is 1.95 bits per heavy atom. The lowest BCUT2D eigenvalue weighted by atomic mass is 10.1. The normalized spacial score (nSPS) is 10.2. The van der Waals surface area contributed by atoms with Crippen LogP contribution < -0.4 is 10.6 Å².